The SMILES string of the molecule is [C-]#[N+]C(C)(C)CC(C)(CC(C)(C)C(=O)NCCC[N+](C)(C)CCCS(C)(=O)=O)C(=O)NCCS. The zero-order valence-electron chi connectivity index (χ0n) is 22.5. The molecule has 198 valence electrons. The largest absolute Gasteiger partial charge is 0.355 e. The van der Waals surface area contributed by atoms with E-state index in [0.717, 1.165) is 19.5 Å². The van der Waals surface area contributed by atoms with E-state index in [4.69, 9.17) is 6.57 Å². The Morgan fingerprint density at radius 1 is 0.941 bits per heavy atom. The summed E-state index contributed by atoms with van der Waals surface area (Å²) in [5, 5.41) is 5.89. The average molecular weight is 520 g/mol. The first-order valence-electron chi connectivity index (χ1n) is 11.9. The second-order valence-corrected chi connectivity index (χ2v) is 14.4. The van der Waals surface area contributed by atoms with Crippen molar-refractivity contribution in [2.24, 2.45) is 10.8 Å². The molecule has 1 unspecified atom stereocenters. The number of nitrogens with zero attached hydrogens (tertiary/aromatic N) is 2. The summed E-state index contributed by atoms with van der Waals surface area (Å²) >= 11 is 4.16. The molecule has 8 nitrogen and oxygen atoms in total. The molecule has 0 saturated carbocycles. The van der Waals surface area contributed by atoms with E-state index in [2.05, 4.69) is 42.2 Å². The first-order chi connectivity index (χ1) is 15.3. The van der Waals surface area contributed by atoms with E-state index in [1.54, 1.807) is 0 Å². The van der Waals surface area contributed by atoms with Crippen molar-refractivity contribution < 1.29 is 22.5 Å². The Hall–Kier alpha value is -1.31. The van der Waals surface area contributed by atoms with E-state index in [-0.39, 0.29) is 17.6 Å². The molecule has 0 aromatic carbocycles. The predicted molar refractivity (Wildman–Crippen MR) is 142 cm³/mol. The minimum Gasteiger partial charge on any atom is -0.355 e. The van der Waals surface area contributed by atoms with Gasteiger partial charge in [-0.3, -0.25) is 9.59 Å². The topological polar surface area (TPSA) is 96.7 Å². The van der Waals surface area contributed by atoms with Gasteiger partial charge in [0.05, 0.1) is 38.4 Å². The summed E-state index contributed by atoms with van der Waals surface area (Å²) in [5.74, 6) is 0.418. The van der Waals surface area contributed by atoms with Gasteiger partial charge in [-0.1, -0.05) is 20.8 Å². The fourth-order valence-corrected chi connectivity index (χ4v) is 5.24. The quantitative estimate of drug-likeness (QED) is 0.126. The third-order valence-electron chi connectivity index (χ3n) is 6.02. The van der Waals surface area contributed by atoms with Gasteiger partial charge in [0.2, 0.25) is 17.4 Å². The number of sulfone groups is 1. The van der Waals surface area contributed by atoms with Crippen LogP contribution in [0.15, 0.2) is 0 Å². The Labute approximate surface area is 213 Å². The first kappa shape index (κ1) is 32.7. The van der Waals surface area contributed by atoms with Crippen LogP contribution in [0.2, 0.25) is 0 Å². The molecule has 0 aliphatic heterocycles. The van der Waals surface area contributed by atoms with Gasteiger partial charge in [-0.05, 0) is 6.42 Å². The number of rotatable bonds is 16. The van der Waals surface area contributed by atoms with Crippen LogP contribution in [0.25, 0.3) is 4.85 Å². The number of hydrogen-bond donors (Lipinski definition) is 3. The Bertz CT molecular complexity index is 832. The van der Waals surface area contributed by atoms with Crippen LogP contribution in [0.4, 0.5) is 0 Å². The lowest BCUT2D eigenvalue weighted by molar-refractivity contribution is -0.890. The van der Waals surface area contributed by atoms with Crippen molar-refractivity contribution in [1.82, 2.24) is 10.6 Å². The van der Waals surface area contributed by atoms with Crippen LogP contribution in [0.5, 0.6) is 0 Å². The molecule has 2 amide bonds. The van der Waals surface area contributed by atoms with Gasteiger partial charge in [-0.15, -0.1) is 0 Å². The molecule has 0 bridgehead atoms. The van der Waals surface area contributed by atoms with Crippen LogP contribution in [-0.2, 0) is 19.4 Å². The maximum Gasteiger partial charge on any atom is 0.228 e. The van der Waals surface area contributed by atoms with Crippen LogP contribution < -0.4 is 10.6 Å². The second kappa shape index (κ2) is 13.1. The average Bonchev–Trinajstić information content (AvgIpc) is 2.67. The van der Waals surface area contributed by atoms with E-state index in [1.165, 1.54) is 6.26 Å². The summed E-state index contributed by atoms with van der Waals surface area (Å²) in [6.45, 7) is 19.1. The Morgan fingerprint density at radius 2 is 1.47 bits per heavy atom. The number of quaternary nitrogens is 1. The highest BCUT2D eigenvalue weighted by molar-refractivity contribution is 7.90. The van der Waals surface area contributed by atoms with Crippen molar-refractivity contribution in [2.75, 3.05) is 58.0 Å². The fourth-order valence-electron chi connectivity index (χ4n) is 4.47. The molecule has 0 aliphatic rings. The van der Waals surface area contributed by atoms with Crippen molar-refractivity contribution in [3.8, 4) is 0 Å². The lowest BCUT2D eigenvalue weighted by Gasteiger charge is -2.37. The zero-order chi connectivity index (χ0) is 26.8. The lowest BCUT2D eigenvalue weighted by Crippen LogP contribution is -2.49. The van der Waals surface area contributed by atoms with Crippen LogP contribution in [-0.4, -0.2) is 88.3 Å². The van der Waals surface area contributed by atoms with Crippen molar-refractivity contribution >= 4 is 34.3 Å². The molecule has 0 rings (SSSR count). The maximum atomic E-state index is 13.0. The second-order valence-electron chi connectivity index (χ2n) is 11.7. The van der Waals surface area contributed by atoms with Crippen molar-refractivity contribution in [3.63, 3.8) is 0 Å². The number of carbonyl (C=O) groups is 2. The number of carbonyl (C=O) groups excluding carboxylic acids is 2. The number of thiol groups is 1. The summed E-state index contributed by atoms with van der Waals surface area (Å²) < 4.78 is 23.4. The summed E-state index contributed by atoms with van der Waals surface area (Å²) in [7, 11) is 1.16. The first-order valence-corrected chi connectivity index (χ1v) is 14.5. The molecule has 0 aromatic heterocycles. The molecular weight excluding hydrogens is 472 g/mol. The highest BCUT2D eigenvalue weighted by Crippen LogP contribution is 2.41. The predicted octanol–water partition coefficient (Wildman–Crippen LogP) is 2.56. The fraction of sp³-hybridized carbons (Fsp3) is 0.875. The third kappa shape index (κ3) is 13.0. The van der Waals surface area contributed by atoms with Crippen molar-refractivity contribution in [1.29, 1.82) is 0 Å². The molecule has 2 N–H and O–H groups in total. The zero-order valence-corrected chi connectivity index (χ0v) is 24.2. The van der Waals surface area contributed by atoms with Crippen molar-refractivity contribution in [2.45, 2.75) is 65.8 Å². The summed E-state index contributed by atoms with van der Waals surface area (Å²) in [6.07, 6.45) is 3.29. The molecular formula is C24H47N4O4S2+. The molecule has 0 fully saturated rings. The van der Waals surface area contributed by atoms with E-state index in [1.807, 2.05) is 34.6 Å². The van der Waals surface area contributed by atoms with Gasteiger partial charge in [0.25, 0.3) is 0 Å². The smallest absolute Gasteiger partial charge is 0.228 e. The van der Waals surface area contributed by atoms with Crippen LogP contribution in [0, 0.1) is 17.4 Å². The molecule has 0 spiro atoms. The van der Waals surface area contributed by atoms with Gasteiger partial charge >= 0.3 is 0 Å². The lowest BCUT2D eigenvalue weighted by atomic mass is 9.67. The minimum atomic E-state index is -2.95. The molecule has 34 heavy (non-hydrogen) atoms. The molecule has 0 aliphatic carbocycles. The van der Waals surface area contributed by atoms with Crippen LogP contribution in [0.3, 0.4) is 0 Å². The van der Waals surface area contributed by atoms with E-state index < -0.39 is 26.2 Å². The van der Waals surface area contributed by atoms with Gasteiger partial charge < -0.3 is 20.0 Å². The minimum absolute atomic E-state index is 0.122. The number of nitrogens with one attached hydrogen (secondary N) is 2. The Morgan fingerprint density at radius 3 is 1.97 bits per heavy atom. The van der Waals surface area contributed by atoms with Gasteiger partial charge in [0, 0.05) is 63.6 Å². The Balaban J connectivity index is 5.03. The van der Waals surface area contributed by atoms with Crippen molar-refractivity contribution in [3.05, 3.63) is 11.4 Å². The number of amides is 2. The molecule has 1 atom stereocenters. The van der Waals surface area contributed by atoms with E-state index in [9.17, 15) is 18.0 Å². The summed E-state index contributed by atoms with van der Waals surface area (Å²) in [5.41, 5.74) is -2.40. The van der Waals surface area contributed by atoms with Gasteiger partial charge in [-0.25, -0.2) is 15.0 Å². The Kier molecular flexibility index (Phi) is 12.6. The van der Waals surface area contributed by atoms with E-state index in [0.29, 0.717) is 42.6 Å². The summed E-state index contributed by atoms with van der Waals surface area (Å²) in [4.78, 5) is 29.7. The highest BCUT2D eigenvalue weighted by Gasteiger charge is 2.47. The maximum absolute atomic E-state index is 13.0. The normalized spacial score (nSPS) is 14.7. The monoisotopic (exact) mass is 519 g/mol. The highest BCUT2D eigenvalue weighted by atomic mass is 32.2. The third-order valence-corrected chi connectivity index (χ3v) is 7.28. The molecule has 0 heterocycles. The molecule has 0 saturated heterocycles. The van der Waals surface area contributed by atoms with Crippen LogP contribution in [0.1, 0.15) is 60.3 Å². The van der Waals surface area contributed by atoms with Gasteiger partial charge in [0.1, 0.15) is 9.84 Å². The van der Waals surface area contributed by atoms with Gasteiger partial charge in [0.15, 0.2) is 0 Å². The molecule has 0 radical (unpaired) electrons. The summed E-state index contributed by atoms with van der Waals surface area (Å²) in [6, 6.07) is 0. The van der Waals surface area contributed by atoms with E-state index >= 15 is 0 Å². The standard InChI is InChI=1S/C24H46N4O4S2/c1-22(2,18-24(5,19-23(3,4)25-6)21(30)27-13-16-33)20(29)26-12-10-14-28(7,8)15-11-17-34(9,31)32/h10-19H2,1-5,7-9H3,(H2-,26,27,29,30,33)/p+1. The van der Waals surface area contributed by atoms with Gasteiger partial charge in [-0.2, -0.15) is 12.6 Å². The van der Waals surface area contributed by atoms with Crippen LogP contribution >= 0.6 is 12.6 Å². The molecule has 10 heteroatoms. The number of hydrogen-bond acceptors (Lipinski definition) is 5. The molecule has 0 aromatic rings.